The SMILES string of the molecule is O=C(CN1CCC(N2CC(=O)N(c3ccccc3)C2=O)CC1)Nc1nc2ccccc2s1. The predicted octanol–water partition coefficient (Wildman–Crippen LogP) is 3.17. The highest BCUT2D eigenvalue weighted by molar-refractivity contribution is 7.22. The second-order valence-electron chi connectivity index (χ2n) is 8.02. The number of carbonyl (C=O) groups excluding carboxylic acids is 3. The molecule has 4 amide bonds. The Kier molecular flexibility index (Phi) is 5.59. The van der Waals surface area contributed by atoms with Crippen molar-refractivity contribution in [1.29, 1.82) is 0 Å². The molecule has 164 valence electrons. The molecule has 2 saturated heterocycles. The summed E-state index contributed by atoms with van der Waals surface area (Å²) in [5.74, 6) is -0.288. The van der Waals surface area contributed by atoms with E-state index in [1.807, 2.05) is 42.5 Å². The third-order valence-corrected chi connectivity index (χ3v) is 6.86. The van der Waals surface area contributed by atoms with E-state index in [2.05, 4.69) is 15.2 Å². The number of hydrogen-bond donors (Lipinski definition) is 1. The minimum Gasteiger partial charge on any atom is -0.312 e. The van der Waals surface area contributed by atoms with Crippen LogP contribution >= 0.6 is 11.3 Å². The van der Waals surface area contributed by atoms with E-state index in [4.69, 9.17) is 0 Å². The second-order valence-corrected chi connectivity index (χ2v) is 9.05. The van der Waals surface area contributed by atoms with E-state index in [9.17, 15) is 14.4 Å². The molecule has 0 spiro atoms. The minimum atomic E-state index is -0.256. The molecule has 5 rings (SSSR count). The number of thiazole rings is 1. The Hall–Kier alpha value is -3.30. The third kappa shape index (κ3) is 4.09. The topological polar surface area (TPSA) is 85.9 Å². The van der Waals surface area contributed by atoms with Crippen molar-refractivity contribution in [3.05, 3.63) is 54.6 Å². The van der Waals surface area contributed by atoms with Crippen molar-refractivity contribution in [3.8, 4) is 0 Å². The highest BCUT2D eigenvalue weighted by atomic mass is 32.1. The van der Waals surface area contributed by atoms with Crippen LogP contribution in [0.5, 0.6) is 0 Å². The van der Waals surface area contributed by atoms with E-state index >= 15 is 0 Å². The Morgan fingerprint density at radius 3 is 2.50 bits per heavy atom. The summed E-state index contributed by atoms with van der Waals surface area (Å²) in [6, 6.07) is 16.6. The molecule has 3 aromatic rings. The first kappa shape index (κ1) is 20.6. The third-order valence-electron chi connectivity index (χ3n) is 5.91. The lowest BCUT2D eigenvalue weighted by molar-refractivity contribution is -0.117. The number of anilines is 2. The maximum atomic E-state index is 12.9. The summed E-state index contributed by atoms with van der Waals surface area (Å²) in [5, 5.41) is 3.50. The van der Waals surface area contributed by atoms with Crippen LogP contribution in [-0.2, 0) is 9.59 Å². The largest absolute Gasteiger partial charge is 0.332 e. The van der Waals surface area contributed by atoms with Gasteiger partial charge in [0.15, 0.2) is 5.13 Å². The molecule has 1 aromatic heterocycles. The summed E-state index contributed by atoms with van der Waals surface area (Å²) in [6.07, 6.45) is 1.46. The molecule has 0 saturated carbocycles. The first-order valence-electron chi connectivity index (χ1n) is 10.6. The second kappa shape index (κ2) is 8.68. The standard InChI is InChI=1S/C23H23N5O3S/c29-20(25-22-24-18-8-4-5-9-19(18)32-22)14-26-12-10-16(11-13-26)27-15-21(30)28(23(27)31)17-6-2-1-3-7-17/h1-9,16H,10-15H2,(H,24,25,29). The summed E-state index contributed by atoms with van der Waals surface area (Å²) in [4.78, 5) is 47.3. The summed E-state index contributed by atoms with van der Waals surface area (Å²) in [7, 11) is 0. The normalized spacial score (nSPS) is 18.0. The molecule has 32 heavy (non-hydrogen) atoms. The molecule has 0 atom stereocenters. The van der Waals surface area contributed by atoms with Crippen LogP contribution in [0.4, 0.5) is 15.6 Å². The highest BCUT2D eigenvalue weighted by Crippen LogP contribution is 2.27. The number of hydrogen-bond acceptors (Lipinski definition) is 6. The lowest BCUT2D eigenvalue weighted by Crippen LogP contribution is -2.48. The van der Waals surface area contributed by atoms with Gasteiger partial charge < -0.3 is 10.2 Å². The fraction of sp³-hybridized carbons (Fsp3) is 0.304. The molecule has 0 bridgehead atoms. The van der Waals surface area contributed by atoms with E-state index in [0.29, 0.717) is 23.9 Å². The molecule has 2 aromatic carbocycles. The van der Waals surface area contributed by atoms with Crippen molar-refractivity contribution in [3.63, 3.8) is 0 Å². The van der Waals surface area contributed by atoms with E-state index in [-0.39, 0.29) is 37.0 Å². The Balaban J connectivity index is 1.14. The van der Waals surface area contributed by atoms with Gasteiger partial charge in [-0.15, -0.1) is 0 Å². The number of likely N-dealkylation sites (tertiary alicyclic amines) is 1. The number of para-hydroxylation sites is 2. The zero-order valence-corrected chi connectivity index (χ0v) is 18.3. The molecular weight excluding hydrogens is 426 g/mol. The summed E-state index contributed by atoms with van der Waals surface area (Å²) < 4.78 is 1.04. The van der Waals surface area contributed by atoms with Crippen molar-refractivity contribution < 1.29 is 14.4 Å². The zero-order chi connectivity index (χ0) is 22.1. The highest BCUT2D eigenvalue weighted by Gasteiger charge is 2.41. The molecule has 8 nitrogen and oxygen atoms in total. The zero-order valence-electron chi connectivity index (χ0n) is 17.4. The fourth-order valence-corrected chi connectivity index (χ4v) is 5.19. The van der Waals surface area contributed by atoms with Crippen LogP contribution < -0.4 is 10.2 Å². The monoisotopic (exact) mass is 449 g/mol. The van der Waals surface area contributed by atoms with E-state index in [1.165, 1.54) is 16.2 Å². The van der Waals surface area contributed by atoms with E-state index in [1.54, 1.807) is 17.0 Å². The van der Waals surface area contributed by atoms with E-state index < -0.39 is 0 Å². The number of urea groups is 1. The molecule has 0 aliphatic carbocycles. The maximum absolute atomic E-state index is 12.9. The Morgan fingerprint density at radius 1 is 1.03 bits per heavy atom. The number of fused-ring (bicyclic) bond motifs is 1. The molecule has 9 heteroatoms. The van der Waals surface area contributed by atoms with Gasteiger partial charge >= 0.3 is 6.03 Å². The number of piperidine rings is 1. The van der Waals surface area contributed by atoms with Gasteiger partial charge in [-0.1, -0.05) is 41.7 Å². The van der Waals surface area contributed by atoms with Crippen molar-refractivity contribution >= 4 is 50.2 Å². The number of nitrogens with zero attached hydrogens (tertiary/aromatic N) is 4. The van der Waals surface area contributed by atoms with Crippen LogP contribution in [0.25, 0.3) is 10.2 Å². The first-order chi connectivity index (χ1) is 15.6. The average Bonchev–Trinajstić information content (AvgIpc) is 3.34. The number of benzene rings is 2. The molecule has 0 radical (unpaired) electrons. The molecule has 0 unspecified atom stereocenters. The van der Waals surface area contributed by atoms with Crippen LogP contribution in [0.3, 0.4) is 0 Å². The number of aromatic nitrogens is 1. The Labute approximate surface area is 189 Å². The van der Waals surface area contributed by atoms with Crippen molar-refractivity contribution in [2.45, 2.75) is 18.9 Å². The average molecular weight is 450 g/mol. The first-order valence-corrected chi connectivity index (χ1v) is 11.5. The number of imide groups is 1. The lowest BCUT2D eigenvalue weighted by atomic mass is 10.0. The molecule has 3 heterocycles. The van der Waals surface area contributed by atoms with Gasteiger partial charge in [-0.05, 0) is 37.1 Å². The minimum absolute atomic E-state index is 0.00346. The molecule has 2 fully saturated rings. The van der Waals surface area contributed by atoms with Crippen molar-refractivity contribution in [1.82, 2.24) is 14.8 Å². The number of amides is 4. The van der Waals surface area contributed by atoms with Crippen molar-refractivity contribution in [2.24, 2.45) is 0 Å². The predicted molar refractivity (Wildman–Crippen MR) is 124 cm³/mol. The van der Waals surface area contributed by atoms with Gasteiger partial charge in [-0.2, -0.15) is 0 Å². The quantitative estimate of drug-likeness (QED) is 0.605. The van der Waals surface area contributed by atoms with Gasteiger partial charge in [-0.3, -0.25) is 14.5 Å². The van der Waals surface area contributed by atoms with Crippen LogP contribution in [0.1, 0.15) is 12.8 Å². The van der Waals surface area contributed by atoms with Gasteiger partial charge in [-0.25, -0.2) is 14.7 Å². The number of carbonyl (C=O) groups is 3. The van der Waals surface area contributed by atoms with Crippen LogP contribution in [0, 0.1) is 0 Å². The summed E-state index contributed by atoms with van der Waals surface area (Å²) in [6.45, 7) is 1.78. The lowest BCUT2D eigenvalue weighted by Gasteiger charge is -2.35. The van der Waals surface area contributed by atoms with E-state index in [0.717, 1.165) is 23.1 Å². The van der Waals surface area contributed by atoms with Crippen LogP contribution in [-0.4, -0.2) is 64.9 Å². The van der Waals surface area contributed by atoms with Gasteiger partial charge in [0.1, 0.15) is 6.54 Å². The maximum Gasteiger partial charge on any atom is 0.332 e. The van der Waals surface area contributed by atoms with Gasteiger partial charge in [0.25, 0.3) is 5.91 Å². The summed E-state index contributed by atoms with van der Waals surface area (Å²) >= 11 is 1.46. The van der Waals surface area contributed by atoms with Crippen molar-refractivity contribution in [2.75, 3.05) is 36.4 Å². The smallest absolute Gasteiger partial charge is 0.312 e. The molecule has 1 N–H and O–H groups in total. The van der Waals surface area contributed by atoms with Gasteiger partial charge in [0.05, 0.1) is 22.4 Å². The van der Waals surface area contributed by atoms with Crippen LogP contribution in [0.2, 0.25) is 0 Å². The fourth-order valence-electron chi connectivity index (χ4n) is 4.31. The Bertz CT molecular complexity index is 1120. The number of rotatable bonds is 5. The van der Waals surface area contributed by atoms with Crippen LogP contribution in [0.15, 0.2) is 54.6 Å². The Morgan fingerprint density at radius 2 is 1.75 bits per heavy atom. The molecular formula is C23H23N5O3S. The van der Waals surface area contributed by atoms with Gasteiger partial charge in [0, 0.05) is 19.1 Å². The molecule has 2 aliphatic rings. The number of nitrogens with one attached hydrogen (secondary N) is 1. The summed E-state index contributed by atoms with van der Waals surface area (Å²) in [5.41, 5.74) is 1.48. The van der Waals surface area contributed by atoms with Gasteiger partial charge in [0.2, 0.25) is 5.91 Å². The molecule has 2 aliphatic heterocycles.